The van der Waals surface area contributed by atoms with E-state index in [0.29, 0.717) is 0 Å². The Hall–Kier alpha value is 0.376. The van der Waals surface area contributed by atoms with Gasteiger partial charge >= 0.3 is 5.97 Å². The molecule has 0 aromatic heterocycles. The second-order valence-electron chi connectivity index (χ2n) is 1.77. The Morgan fingerprint density at radius 2 is 1.85 bits per heavy atom. The molecule has 0 heterocycles. The van der Waals surface area contributed by atoms with Crippen LogP contribution in [0.15, 0.2) is 0 Å². The molecule has 8 heteroatoms. The largest absolute Gasteiger partial charge is 0.480 e. The number of hydrogen-bond donors (Lipinski definition) is 3. The Labute approximate surface area is 105 Å². The molecule has 0 fully saturated rings. The minimum Gasteiger partial charge on any atom is -0.480 e. The molecule has 1 radical (unpaired) electrons. The van der Waals surface area contributed by atoms with Gasteiger partial charge in [-0.05, 0) is 0 Å². The average molecular weight is 295 g/mol. The first-order valence-corrected chi connectivity index (χ1v) is 3.32. The van der Waals surface area contributed by atoms with Crippen molar-refractivity contribution in [3.05, 3.63) is 0 Å². The molecular formula is C5H11Cl2CoNO3S. The van der Waals surface area contributed by atoms with Gasteiger partial charge in [-0.25, -0.2) is 4.79 Å². The van der Waals surface area contributed by atoms with E-state index in [9.17, 15) is 9.59 Å². The van der Waals surface area contributed by atoms with Crippen LogP contribution in [0.5, 0.6) is 0 Å². The third kappa shape index (κ3) is 12.4. The molecule has 0 aromatic rings. The average Bonchev–Trinajstić information content (AvgIpc) is 1.81. The summed E-state index contributed by atoms with van der Waals surface area (Å²) in [5.74, 6) is -1.32. The first-order valence-electron chi connectivity index (χ1n) is 2.68. The van der Waals surface area contributed by atoms with Crippen LogP contribution in [0.4, 0.5) is 0 Å². The van der Waals surface area contributed by atoms with Gasteiger partial charge < -0.3 is 10.4 Å². The molecular weight excluding hydrogens is 284 g/mol. The second kappa shape index (κ2) is 12.4. The molecule has 0 rings (SSSR count). The van der Waals surface area contributed by atoms with Crippen molar-refractivity contribution >= 4 is 49.3 Å². The summed E-state index contributed by atoms with van der Waals surface area (Å²) in [4.78, 5) is 20.5. The van der Waals surface area contributed by atoms with Crippen LogP contribution < -0.4 is 5.32 Å². The molecule has 83 valence electrons. The third-order valence-corrected chi connectivity index (χ3v) is 1.22. The molecule has 13 heavy (non-hydrogen) atoms. The standard InChI is InChI=1S/C5H9NO3S.2ClH.Co/c1-3(7)6-4(2-10)5(8)9;;;/h4,10H,2H2,1H3,(H,6,7)(H,8,9);2*1H;/t4-;;;/m0.../s1. The number of carbonyl (C=O) groups excluding carboxylic acids is 1. The van der Waals surface area contributed by atoms with Crippen molar-refractivity contribution in [2.75, 3.05) is 5.75 Å². The fourth-order valence-corrected chi connectivity index (χ4v) is 0.678. The molecule has 1 amide bonds. The zero-order chi connectivity index (χ0) is 8.15. The quantitative estimate of drug-likeness (QED) is 0.658. The number of halogens is 2. The number of carboxylic acid groups (broad SMARTS) is 1. The van der Waals surface area contributed by atoms with Gasteiger partial charge in [0, 0.05) is 29.5 Å². The fraction of sp³-hybridized carbons (Fsp3) is 0.600. The summed E-state index contributed by atoms with van der Waals surface area (Å²) in [5, 5.41) is 10.6. The molecule has 4 nitrogen and oxygen atoms in total. The number of nitrogens with one attached hydrogen (secondary N) is 1. The van der Waals surface area contributed by atoms with Crippen molar-refractivity contribution in [3.8, 4) is 0 Å². The minimum absolute atomic E-state index is 0. The molecule has 0 unspecified atom stereocenters. The third-order valence-electron chi connectivity index (χ3n) is 0.858. The summed E-state index contributed by atoms with van der Waals surface area (Å²) in [6, 6.07) is -0.874. The molecule has 0 aromatic carbocycles. The maximum absolute atomic E-state index is 10.3. The minimum atomic E-state index is -1.06. The van der Waals surface area contributed by atoms with Crippen LogP contribution in [-0.2, 0) is 26.4 Å². The molecule has 0 aliphatic heterocycles. The zero-order valence-electron chi connectivity index (χ0n) is 6.65. The summed E-state index contributed by atoms with van der Waals surface area (Å²) in [6.07, 6.45) is 0. The first kappa shape index (κ1) is 23.3. The second-order valence-corrected chi connectivity index (χ2v) is 2.14. The van der Waals surface area contributed by atoms with E-state index in [0.717, 1.165) is 0 Å². The van der Waals surface area contributed by atoms with Crippen LogP contribution in [0.1, 0.15) is 6.92 Å². The van der Waals surface area contributed by atoms with Gasteiger partial charge in [0.05, 0.1) is 0 Å². The fourth-order valence-electron chi connectivity index (χ4n) is 0.431. The van der Waals surface area contributed by atoms with Crippen LogP contribution in [0.2, 0.25) is 0 Å². The van der Waals surface area contributed by atoms with Crippen molar-refractivity contribution in [1.29, 1.82) is 0 Å². The summed E-state index contributed by atoms with van der Waals surface area (Å²) in [7, 11) is 0. The molecule has 0 saturated carbocycles. The summed E-state index contributed by atoms with van der Waals surface area (Å²) in [5.41, 5.74) is 0. The van der Waals surface area contributed by atoms with Gasteiger partial charge in [0.25, 0.3) is 0 Å². The van der Waals surface area contributed by atoms with Crippen LogP contribution in [0, 0.1) is 0 Å². The summed E-state index contributed by atoms with van der Waals surface area (Å²) >= 11 is 3.73. The molecule has 0 aliphatic rings. The van der Waals surface area contributed by atoms with Crippen LogP contribution in [-0.4, -0.2) is 28.8 Å². The Morgan fingerprint density at radius 3 is 1.92 bits per heavy atom. The van der Waals surface area contributed by atoms with Crippen molar-refractivity contribution in [3.63, 3.8) is 0 Å². The molecule has 0 spiro atoms. The zero-order valence-corrected chi connectivity index (χ0v) is 10.2. The Balaban J connectivity index is -0.000000135. The van der Waals surface area contributed by atoms with Crippen LogP contribution in [0.3, 0.4) is 0 Å². The molecule has 0 bridgehead atoms. The van der Waals surface area contributed by atoms with E-state index in [-0.39, 0.29) is 53.3 Å². The Bertz CT molecular complexity index is 161. The number of carbonyl (C=O) groups is 2. The first-order chi connectivity index (χ1) is 4.57. The predicted molar refractivity (Wildman–Crippen MR) is 53.6 cm³/mol. The normalized spacial score (nSPS) is 9.38. The van der Waals surface area contributed by atoms with Crippen molar-refractivity contribution in [1.82, 2.24) is 5.32 Å². The number of aliphatic carboxylic acids is 1. The SMILES string of the molecule is CC(=O)N[C@@H](CS)C(=O)O.Cl.Cl.[Co]. The van der Waals surface area contributed by atoms with Gasteiger partial charge in [0.1, 0.15) is 6.04 Å². The Morgan fingerprint density at radius 1 is 1.46 bits per heavy atom. The van der Waals surface area contributed by atoms with Gasteiger partial charge in [0.15, 0.2) is 0 Å². The van der Waals surface area contributed by atoms with Gasteiger partial charge in [-0.2, -0.15) is 12.6 Å². The molecule has 0 aliphatic carbocycles. The Kier molecular flexibility index (Phi) is 22.2. The maximum atomic E-state index is 10.3. The van der Waals surface area contributed by atoms with Gasteiger partial charge in [-0.15, -0.1) is 24.8 Å². The van der Waals surface area contributed by atoms with E-state index in [1.54, 1.807) is 0 Å². The smallest absolute Gasteiger partial charge is 0.327 e. The topological polar surface area (TPSA) is 66.4 Å². The molecule has 0 saturated heterocycles. The maximum Gasteiger partial charge on any atom is 0.327 e. The van der Waals surface area contributed by atoms with Crippen molar-refractivity contribution in [2.24, 2.45) is 0 Å². The molecule has 2 N–H and O–H groups in total. The van der Waals surface area contributed by atoms with E-state index in [2.05, 4.69) is 17.9 Å². The van der Waals surface area contributed by atoms with E-state index in [1.807, 2.05) is 0 Å². The number of carboxylic acids is 1. The van der Waals surface area contributed by atoms with E-state index < -0.39 is 12.0 Å². The van der Waals surface area contributed by atoms with E-state index in [1.165, 1.54) is 6.92 Å². The number of rotatable bonds is 3. The van der Waals surface area contributed by atoms with Crippen molar-refractivity contribution < 1.29 is 31.5 Å². The predicted octanol–water partition coefficient (Wildman–Crippen LogP) is 0.347. The number of hydrogen-bond acceptors (Lipinski definition) is 3. The number of thiol groups is 1. The van der Waals surface area contributed by atoms with Gasteiger partial charge in [0.2, 0.25) is 5.91 Å². The van der Waals surface area contributed by atoms with Gasteiger partial charge in [-0.3, -0.25) is 4.79 Å². The number of amides is 1. The van der Waals surface area contributed by atoms with Gasteiger partial charge in [-0.1, -0.05) is 0 Å². The van der Waals surface area contributed by atoms with Crippen LogP contribution in [0.25, 0.3) is 0 Å². The summed E-state index contributed by atoms with van der Waals surface area (Å²) < 4.78 is 0. The van der Waals surface area contributed by atoms with E-state index in [4.69, 9.17) is 5.11 Å². The van der Waals surface area contributed by atoms with Crippen molar-refractivity contribution in [2.45, 2.75) is 13.0 Å². The molecule has 1 atom stereocenters. The van der Waals surface area contributed by atoms with E-state index >= 15 is 0 Å². The van der Waals surface area contributed by atoms with Crippen LogP contribution >= 0.6 is 37.4 Å². The summed E-state index contributed by atoms with van der Waals surface area (Å²) in [6.45, 7) is 1.26. The monoisotopic (exact) mass is 294 g/mol.